The lowest BCUT2D eigenvalue weighted by molar-refractivity contribution is -0.133. The number of fused-ring (bicyclic) bond motifs is 1. The molecule has 1 aromatic carbocycles. The van der Waals surface area contributed by atoms with Gasteiger partial charge < -0.3 is 14.5 Å². The summed E-state index contributed by atoms with van der Waals surface area (Å²) < 4.78 is 20.2. The first-order valence-electron chi connectivity index (χ1n) is 10.4. The second-order valence-corrected chi connectivity index (χ2v) is 7.74. The van der Waals surface area contributed by atoms with Crippen molar-refractivity contribution >= 4 is 11.9 Å². The molecule has 5 rings (SSSR count). The molecular weight excluding hydrogens is 399 g/mol. The highest BCUT2D eigenvalue weighted by Crippen LogP contribution is 2.21. The van der Waals surface area contributed by atoms with Crippen molar-refractivity contribution in [1.29, 1.82) is 0 Å². The molecule has 2 aliphatic heterocycles. The molecule has 0 bridgehead atoms. The van der Waals surface area contributed by atoms with Crippen molar-refractivity contribution in [2.24, 2.45) is 0 Å². The first-order chi connectivity index (χ1) is 15.2. The molecule has 1 saturated heterocycles. The van der Waals surface area contributed by atoms with Gasteiger partial charge in [0.15, 0.2) is 0 Å². The number of anilines is 1. The van der Waals surface area contributed by atoms with Crippen molar-refractivity contribution < 1.29 is 13.9 Å². The molecule has 2 aliphatic rings. The van der Waals surface area contributed by atoms with E-state index in [9.17, 15) is 9.18 Å². The van der Waals surface area contributed by atoms with Gasteiger partial charge in [0.2, 0.25) is 11.9 Å². The number of nitrogens with zero attached hydrogens (tertiary/aromatic N) is 6. The maximum absolute atomic E-state index is 13.1. The molecule has 3 aromatic rings. The van der Waals surface area contributed by atoms with E-state index >= 15 is 0 Å². The van der Waals surface area contributed by atoms with Gasteiger partial charge in [0.05, 0.1) is 31.6 Å². The Hall–Kier alpha value is -3.33. The van der Waals surface area contributed by atoms with Crippen LogP contribution in [0.25, 0.3) is 11.1 Å². The van der Waals surface area contributed by atoms with Crippen LogP contribution in [0.4, 0.5) is 10.3 Å². The number of morpholine rings is 1. The Labute approximate surface area is 179 Å². The molecular formula is C22H23FN6O2. The SMILES string of the molecule is O=C(Cn1cc(-c2ccc(F)cc2)cn1)N1CCc2cnc(N3CCOCC3)nc2C1. The number of amides is 1. The second-order valence-electron chi connectivity index (χ2n) is 7.74. The summed E-state index contributed by atoms with van der Waals surface area (Å²) in [6, 6.07) is 6.23. The average molecular weight is 422 g/mol. The highest BCUT2D eigenvalue weighted by atomic mass is 19.1. The standard InChI is InChI=1S/C22H23FN6O2/c23-19-3-1-16(2-4-19)18-12-25-29(13-18)15-21(30)28-6-5-17-11-24-22(26-20(17)14-28)27-7-9-31-10-8-27/h1-4,11-13H,5-10,14-15H2. The van der Waals surface area contributed by atoms with Crippen molar-refractivity contribution in [3.05, 3.63) is 59.9 Å². The number of halogens is 1. The zero-order valence-electron chi connectivity index (χ0n) is 17.1. The van der Waals surface area contributed by atoms with E-state index in [2.05, 4.69) is 15.0 Å². The Bertz CT molecular complexity index is 1080. The minimum absolute atomic E-state index is 0.00839. The quantitative estimate of drug-likeness (QED) is 0.639. The monoisotopic (exact) mass is 422 g/mol. The summed E-state index contributed by atoms with van der Waals surface area (Å²) in [6.45, 7) is 4.16. The van der Waals surface area contributed by atoms with Crippen LogP contribution in [0.2, 0.25) is 0 Å². The van der Waals surface area contributed by atoms with Gasteiger partial charge in [0, 0.05) is 37.6 Å². The maximum Gasteiger partial charge on any atom is 0.244 e. The minimum Gasteiger partial charge on any atom is -0.378 e. The van der Waals surface area contributed by atoms with Crippen LogP contribution in [0, 0.1) is 5.82 Å². The van der Waals surface area contributed by atoms with Crippen molar-refractivity contribution in [1.82, 2.24) is 24.6 Å². The molecule has 1 amide bonds. The van der Waals surface area contributed by atoms with E-state index in [4.69, 9.17) is 9.72 Å². The highest BCUT2D eigenvalue weighted by molar-refractivity contribution is 5.76. The van der Waals surface area contributed by atoms with E-state index in [0.29, 0.717) is 32.3 Å². The summed E-state index contributed by atoms with van der Waals surface area (Å²) in [7, 11) is 0. The molecule has 160 valence electrons. The number of aromatic nitrogens is 4. The van der Waals surface area contributed by atoms with Gasteiger partial charge in [-0.1, -0.05) is 12.1 Å². The molecule has 0 N–H and O–H groups in total. The number of carbonyl (C=O) groups excluding carboxylic acids is 1. The number of carbonyl (C=O) groups is 1. The Morgan fingerprint density at radius 2 is 1.87 bits per heavy atom. The first-order valence-corrected chi connectivity index (χ1v) is 10.4. The van der Waals surface area contributed by atoms with E-state index in [1.165, 1.54) is 12.1 Å². The summed E-state index contributed by atoms with van der Waals surface area (Å²) in [6.07, 6.45) is 6.12. The zero-order chi connectivity index (χ0) is 21.2. The van der Waals surface area contributed by atoms with Crippen molar-refractivity contribution in [3.8, 4) is 11.1 Å². The normalized spacial score (nSPS) is 16.3. The smallest absolute Gasteiger partial charge is 0.244 e. The minimum atomic E-state index is -0.280. The molecule has 1 fully saturated rings. The molecule has 0 aliphatic carbocycles. The predicted molar refractivity (Wildman–Crippen MR) is 112 cm³/mol. The fraction of sp³-hybridized carbons (Fsp3) is 0.364. The number of hydrogen-bond donors (Lipinski definition) is 0. The van der Waals surface area contributed by atoms with Crippen molar-refractivity contribution in [2.75, 3.05) is 37.7 Å². The Balaban J connectivity index is 1.26. The Morgan fingerprint density at radius 1 is 1.06 bits per heavy atom. The van der Waals surface area contributed by atoms with E-state index in [-0.39, 0.29) is 18.3 Å². The summed E-state index contributed by atoms with van der Waals surface area (Å²) in [5, 5.41) is 4.30. The van der Waals surface area contributed by atoms with Gasteiger partial charge in [-0.25, -0.2) is 14.4 Å². The summed E-state index contributed by atoms with van der Waals surface area (Å²) in [4.78, 5) is 26.1. The van der Waals surface area contributed by atoms with Crippen LogP contribution in [-0.4, -0.2) is 63.4 Å². The van der Waals surface area contributed by atoms with Crippen LogP contribution in [-0.2, 0) is 29.0 Å². The lowest BCUT2D eigenvalue weighted by Gasteiger charge is -2.30. The molecule has 31 heavy (non-hydrogen) atoms. The van der Waals surface area contributed by atoms with Crippen LogP contribution in [0.15, 0.2) is 42.9 Å². The largest absolute Gasteiger partial charge is 0.378 e. The second kappa shape index (κ2) is 8.43. The number of ether oxygens (including phenoxy) is 1. The fourth-order valence-corrected chi connectivity index (χ4v) is 3.90. The molecule has 0 radical (unpaired) electrons. The topological polar surface area (TPSA) is 76.4 Å². The van der Waals surface area contributed by atoms with Gasteiger partial charge in [-0.15, -0.1) is 0 Å². The van der Waals surface area contributed by atoms with Crippen LogP contribution < -0.4 is 4.90 Å². The molecule has 0 spiro atoms. The predicted octanol–water partition coefficient (Wildman–Crippen LogP) is 1.90. The van der Waals surface area contributed by atoms with Crippen LogP contribution in [0.3, 0.4) is 0 Å². The highest BCUT2D eigenvalue weighted by Gasteiger charge is 2.24. The molecule has 2 aromatic heterocycles. The maximum atomic E-state index is 13.1. The lowest BCUT2D eigenvalue weighted by atomic mass is 10.1. The third-order valence-electron chi connectivity index (χ3n) is 5.69. The number of benzene rings is 1. The summed E-state index contributed by atoms with van der Waals surface area (Å²) >= 11 is 0. The van der Waals surface area contributed by atoms with E-state index in [1.807, 2.05) is 17.3 Å². The molecule has 0 saturated carbocycles. The summed E-state index contributed by atoms with van der Waals surface area (Å²) in [5.74, 6) is 0.413. The van der Waals surface area contributed by atoms with Gasteiger partial charge in [-0.05, 0) is 29.7 Å². The third-order valence-corrected chi connectivity index (χ3v) is 5.69. The van der Waals surface area contributed by atoms with Gasteiger partial charge in [0.1, 0.15) is 12.4 Å². The number of rotatable bonds is 4. The zero-order valence-corrected chi connectivity index (χ0v) is 17.1. The van der Waals surface area contributed by atoms with E-state index in [0.717, 1.165) is 41.9 Å². The Morgan fingerprint density at radius 3 is 2.68 bits per heavy atom. The molecule has 8 nitrogen and oxygen atoms in total. The van der Waals surface area contributed by atoms with Crippen LogP contribution >= 0.6 is 0 Å². The van der Waals surface area contributed by atoms with E-state index < -0.39 is 0 Å². The lowest BCUT2D eigenvalue weighted by Crippen LogP contribution is -2.40. The fourth-order valence-electron chi connectivity index (χ4n) is 3.90. The molecule has 9 heteroatoms. The van der Waals surface area contributed by atoms with Gasteiger partial charge in [-0.2, -0.15) is 5.10 Å². The van der Waals surface area contributed by atoms with Gasteiger partial charge >= 0.3 is 0 Å². The van der Waals surface area contributed by atoms with Crippen molar-refractivity contribution in [2.45, 2.75) is 19.5 Å². The average Bonchev–Trinajstić information content (AvgIpc) is 3.27. The first kappa shape index (κ1) is 19.6. The van der Waals surface area contributed by atoms with Crippen LogP contribution in [0.1, 0.15) is 11.3 Å². The van der Waals surface area contributed by atoms with Crippen molar-refractivity contribution in [3.63, 3.8) is 0 Å². The van der Waals surface area contributed by atoms with E-state index in [1.54, 1.807) is 23.0 Å². The number of hydrogen-bond acceptors (Lipinski definition) is 6. The molecule has 0 unspecified atom stereocenters. The molecule has 0 atom stereocenters. The van der Waals surface area contributed by atoms with Crippen LogP contribution in [0.5, 0.6) is 0 Å². The molecule has 4 heterocycles. The Kier molecular flexibility index (Phi) is 5.33. The van der Waals surface area contributed by atoms with Gasteiger partial charge in [0.25, 0.3) is 0 Å². The summed E-state index contributed by atoms with van der Waals surface area (Å²) in [5.41, 5.74) is 3.71. The third kappa shape index (κ3) is 4.27. The van der Waals surface area contributed by atoms with Gasteiger partial charge in [-0.3, -0.25) is 9.48 Å².